The number of nitrogens with two attached hydrogens (primary N) is 1. The van der Waals surface area contributed by atoms with Gasteiger partial charge in [0.2, 0.25) is 5.91 Å². The molecule has 1 aromatic heterocycles. The highest BCUT2D eigenvalue weighted by Gasteiger charge is 2.02. The molecule has 0 unspecified atom stereocenters. The third-order valence-corrected chi connectivity index (χ3v) is 2.72. The van der Waals surface area contributed by atoms with Crippen LogP contribution in [0.3, 0.4) is 0 Å². The van der Waals surface area contributed by atoms with Gasteiger partial charge in [-0.15, -0.1) is 0 Å². The summed E-state index contributed by atoms with van der Waals surface area (Å²) in [7, 11) is 1.96. The summed E-state index contributed by atoms with van der Waals surface area (Å²) in [4.78, 5) is 10.5. The van der Waals surface area contributed by atoms with Crippen molar-refractivity contribution in [3.8, 4) is 0 Å². The zero-order chi connectivity index (χ0) is 12.7. The van der Waals surface area contributed by atoms with Crippen LogP contribution in [-0.4, -0.2) is 22.2 Å². The summed E-state index contributed by atoms with van der Waals surface area (Å²) < 4.78 is 1.91. The summed E-state index contributed by atoms with van der Waals surface area (Å²) in [5.41, 5.74) is 7.38. The molecule has 0 aliphatic heterocycles. The Morgan fingerprint density at radius 1 is 1.53 bits per heavy atom. The summed E-state index contributed by atoms with van der Waals surface area (Å²) >= 11 is 0. The highest BCUT2D eigenvalue weighted by Crippen LogP contribution is 2.03. The van der Waals surface area contributed by atoms with Crippen LogP contribution in [0.25, 0.3) is 0 Å². The number of carbonyl (C=O) groups excluding carboxylic acids is 1. The molecule has 0 aliphatic carbocycles. The average Bonchev–Trinajstić information content (AvgIpc) is 2.64. The standard InChI is InChI=1S/C12H22N4O/c1-3-10-8-11(16(2)15-10)9-14-7-5-4-6-12(13)17/h8,14H,3-7,9H2,1-2H3,(H2,13,17). The van der Waals surface area contributed by atoms with Crippen LogP contribution in [0, 0.1) is 0 Å². The third kappa shape index (κ3) is 4.99. The fourth-order valence-electron chi connectivity index (χ4n) is 1.68. The van der Waals surface area contributed by atoms with Gasteiger partial charge in [0, 0.05) is 20.0 Å². The first-order chi connectivity index (χ1) is 8.13. The molecule has 1 aromatic rings. The Labute approximate surface area is 102 Å². The molecule has 0 saturated carbocycles. The van der Waals surface area contributed by atoms with Crippen LogP contribution in [0.5, 0.6) is 0 Å². The van der Waals surface area contributed by atoms with Gasteiger partial charge >= 0.3 is 0 Å². The zero-order valence-electron chi connectivity index (χ0n) is 10.7. The van der Waals surface area contributed by atoms with E-state index in [0.29, 0.717) is 6.42 Å². The lowest BCUT2D eigenvalue weighted by Crippen LogP contribution is -2.17. The molecule has 3 N–H and O–H groups in total. The Morgan fingerprint density at radius 3 is 2.88 bits per heavy atom. The molecule has 5 nitrogen and oxygen atoms in total. The quantitative estimate of drug-likeness (QED) is 0.656. The Bertz CT molecular complexity index is 359. The molecule has 1 rings (SSSR count). The number of aromatic nitrogens is 2. The van der Waals surface area contributed by atoms with E-state index in [9.17, 15) is 4.79 Å². The number of amides is 1. The van der Waals surface area contributed by atoms with Crippen molar-refractivity contribution in [3.05, 3.63) is 17.5 Å². The van der Waals surface area contributed by atoms with Gasteiger partial charge in [0.15, 0.2) is 0 Å². The smallest absolute Gasteiger partial charge is 0.217 e. The molecule has 0 aromatic carbocycles. The molecule has 0 spiro atoms. The van der Waals surface area contributed by atoms with Crippen molar-refractivity contribution in [1.82, 2.24) is 15.1 Å². The number of aryl methyl sites for hydroxylation is 2. The number of primary amides is 1. The minimum Gasteiger partial charge on any atom is -0.370 e. The van der Waals surface area contributed by atoms with Gasteiger partial charge in [-0.3, -0.25) is 9.48 Å². The Hall–Kier alpha value is -1.36. The maximum Gasteiger partial charge on any atom is 0.217 e. The van der Waals surface area contributed by atoms with Gasteiger partial charge in [0.25, 0.3) is 0 Å². The predicted octanol–water partition coefficient (Wildman–Crippen LogP) is 0.728. The van der Waals surface area contributed by atoms with Crippen molar-refractivity contribution in [3.63, 3.8) is 0 Å². The SMILES string of the molecule is CCc1cc(CNCCCCC(N)=O)n(C)n1. The van der Waals surface area contributed by atoms with Crippen LogP contribution in [-0.2, 0) is 24.8 Å². The van der Waals surface area contributed by atoms with E-state index in [2.05, 4.69) is 23.4 Å². The molecule has 0 aliphatic rings. The second kappa shape index (κ2) is 7.06. The van der Waals surface area contributed by atoms with E-state index in [4.69, 9.17) is 5.73 Å². The van der Waals surface area contributed by atoms with Gasteiger partial charge < -0.3 is 11.1 Å². The average molecular weight is 238 g/mol. The normalized spacial score (nSPS) is 10.7. The van der Waals surface area contributed by atoms with E-state index in [1.807, 2.05) is 11.7 Å². The summed E-state index contributed by atoms with van der Waals surface area (Å²) in [6, 6.07) is 2.12. The first kappa shape index (κ1) is 13.7. The monoisotopic (exact) mass is 238 g/mol. The maximum atomic E-state index is 10.5. The Kier molecular flexibility index (Phi) is 5.69. The maximum absolute atomic E-state index is 10.5. The molecular weight excluding hydrogens is 216 g/mol. The number of unbranched alkanes of at least 4 members (excludes halogenated alkanes) is 1. The molecule has 5 heteroatoms. The summed E-state index contributed by atoms with van der Waals surface area (Å²) in [5.74, 6) is -0.218. The molecule has 0 radical (unpaired) electrons. The van der Waals surface area contributed by atoms with Crippen molar-refractivity contribution >= 4 is 5.91 Å². The topological polar surface area (TPSA) is 72.9 Å². The lowest BCUT2D eigenvalue weighted by molar-refractivity contribution is -0.118. The number of rotatable bonds is 8. The van der Waals surface area contributed by atoms with Gasteiger partial charge in [0.05, 0.1) is 11.4 Å². The van der Waals surface area contributed by atoms with Crippen LogP contribution in [0.4, 0.5) is 0 Å². The largest absolute Gasteiger partial charge is 0.370 e. The van der Waals surface area contributed by atoms with E-state index < -0.39 is 0 Å². The number of nitrogens with one attached hydrogen (secondary N) is 1. The van der Waals surface area contributed by atoms with Crippen LogP contribution < -0.4 is 11.1 Å². The molecule has 0 fully saturated rings. The second-order valence-electron chi connectivity index (χ2n) is 4.20. The summed E-state index contributed by atoms with van der Waals surface area (Å²) in [6.07, 6.45) is 3.27. The van der Waals surface area contributed by atoms with Crippen molar-refractivity contribution in [2.45, 2.75) is 39.2 Å². The van der Waals surface area contributed by atoms with E-state index >= 15 is 0 Å². The predicted molar refractivity (Wildman–Crippen MR) is 67.3 cm³/mol. The minimum absolute atomic E-state index is 0.218. The lowest BCUT2D eigenvalue weighted by Gasteiger charge is -2.04. The van der Waals surface area contributed by atoms with Crippen LogP contribution in [0.2, 0.25) is 0 Å². The summed E-state index contributed by atoms with van der Waals surface area (Å²) in [5, 5.41) is 7.72. The fourth-order valence-corrected chi connectivity index (χ4v) is 1.68. The van der Waals surface area contributed by atoms with Gasteiger partial charge in [0.1, 0.15) is 0 Å². The molecule has 1 amide bonds. The van der Waals surface area contributed by atoms with Crippen LogP contribution in [0.15, 0.2) is 6.07 Å². The highest BCUT2D eigenvalue weighted by molar-refractivity contribution is 5.73. The first-order valence-corrected chi connectivity index (χ1v) is 6.14. The number of hydrogen-bond acceptors (Lipinski definition) is 3. The van der Waals surface area contributed by atoms with Gasteiger partial charge in [-0.25, -0.2) is 0 Å². The molecule has 0 saturated heterocycles. The van der Waals surface area contributed by atoms with Crippen LogP contribution >= 0.6 is 0 Å². The molecule has 0 bridgehead atoms. The van der Waals surface area contributed by atoms with Crippen molar-refractivity contribution < 1.29 is 4.79 Å². The van der Waals surface area contributed by atoms with E-state index in [1.54, 1.807) is 0 Å². The summed E-state index contributed by atoms with van der Waals surface area (Å²) in [6.45, 7) is 3.82. The van der Waals surface area contributed by atoms with Gasteiger partial charge in [-0.1, -0.05) is 6.92 Å². The number of nitrogens with zero attached hydrogens (tertiary/aromatic N) is 2. The highest BCUT2D eigenvalue weighted by atomic mass is 16.1. The van der Waals surface area contributed by atoms with Crippen molar-refractivity contribution in [2.24, 2.45) is 12.8 Å². The minimum atomic E-state index is -0.218. The number of carbonyl (C=O) groups is 1. The molecule has 96 valence electrons. The van der Waals surface area contributed by atoms with E-state index in [0.717, 1.165) is 38.0 Å². The Balaban J connectivity index is 2.17. The molecular formula is C12H22N4O. The second-order valence-corrected chi connectivity index (χ2v) is 4.20. The van der Waals surface area contributed by atoms with Crippen LogP contribution in [0.1, 0.15) is 37.6 Å². The van der Waals surface area contributed by atoms with Gasteiger partial charge in [-0.05, 0) is 31.9 Å². The number of hydrogen-bond donors (Lipinski definition) is 2. The fraction of sp³-hybridized carbons (Fsp3) is 0.667. The molecule has 17 heavy (non-hydrogen) atoms. The van der Waals surface area contributed by atoms with Gasteiger partial charge in [-0.2, -0.15) is 5.10 Å². The lowest BCUT2D eigenvalue weighted by atomic mass is 10.2. The Morgan fingerprint density at radius 2 is 2.29 bits per heavy atom. The van der Waals surface area contributed by atoms with E-state index in [-0.39, 0.29) is 5.91 Å². The molecule has 0 atom stereocenters. The molecule has 1 heterocycles. The first-order valence-electron chi connectivity index (χ1n) is 6.14. The zero-order valence-corrected chi connectivity index (χ0v) is 10.7. The van der Waals surface area contributed by atoms with Crippen molar-refractivity contribution in [1.29, 1.82) is 0 Å². The third-order valence-electron chi connectivity index (χ3n) is 2.72. The van der Waals surface area contributed by atoms with Crippen molar-refractivity contribution in [2.75, 3.05) is 6.54 Å². The van der Waals surface area contributed by atoms with E-state index in [1.165, 1.54) is 5.69 Å².